The second-order valence-corrected chi connectivity index (χ2v) is 3.88. The summed E-state index contributed by atoms with van der Waals surface area (Å²) in [6.07, 6.45) is 5.06. The standard InChI is InChI=1S/C5H4BCl2.3ClH.Ti/c7-6(8)5-3-1-2-4-5;;;;/h1,3H,2H2;3*1H;. The third-order valence-corrected chi connectivity index (χ3v) is 2.44. The Morgan fingerprint density at radius 2 is 1.75 bits per heavy atom. The summed E-state index contributed by atoms with van der Waals surface area (Å²) in [6, 6.07) is 0. The van der Waals surface area contributed by atoms with Gasteiger partial charge in [0.2, 0.25) is 0 Å². The third kappa shape index (κ3) is 5.44. The molecule has 0 saturated carbocycles. The van der Waals surface area contributed by atoms with Gasteiger partial charge in [-0.05, 0) is 0 Å². The quantitative estimate of drug-likeness (QED) is 0.650. The molecule has 1 aliphatic rings. The van der Waals surface area contributed by atoms with E-state index in [1.807, 2.05) is 26.5 Å². The Morgan fingerprint density at radius 1 is 1.25 bits per heavy atom. The number of hydrogen-bond acceptors (Lipinski definition) is 0. The maximum atomic E-state index is 5.64. The van der Waals surface area contributed by atoms with E-state index >= 15 is 0 Å². The molecule has 0 saturated heterocycles. The van der Waals surface area contributed by atoms with Crippen LogP contribution in [0.2, 0.25) is 0 Å². The van der Waals surface area contributed by atoms with Crippen LogP contribution in [0.15, 0.2) is 21.5 Å². The summed E-state index contributed by atoms with van der Waals surface area (Å²) < 4.78 is 1.28. The summed E-state index contributed by atoms with van der Waals surface area (Å²) in [5.74, 6) is 0. The molecule has 0 radical (unpaired) electrons. The molecule has 1 aliphatic carbocycles. The SMILES string of the molecule is Cl.Cl.Cl.ClB(Cl)C1=[C]([Ti])CC=C1. The Kier molecular flexibility index (Phi) is 14.9. The molecule has 1 rings (SSSR count). The van der Waals surface area contributed by atoms with Crippen LogP contribution in [-0.2, 0) is 20.4 Å². The fraction of sp³-hybridized carbons (Fsp3) is 0.200. The van der Waals surface area contributed by atoms with Crippen LogP contribution in [0.4, 0.5) is 0 Å². The van der Waals surface area contributed by atoms with Gasteiger partial charge in [0.25, 0.3) is 0 Å². The summed E-state index contributed by atoms with van der Waals surface area (Å²) in [6.45, 7) is 0. The molecule has 0 spiro atoms. The van der Waals surface area contributed by atoms with Crippen molar-refractivity contribution in [2.75, 3.05) is 0 Å². The van der Waals surface area contributed by atoms with Crippen molar-refractivity contribution in [3.05, 3.63) is 21.5 Å². The van der Waals surface area contributed by atoms with Gasteiger partial charge in [-0.1, -0.05) is 0 Å². The van der Waals surface area contributed by atoms with Gasteiger partial charge in [-0.25, -0.2) is 0 Å². The van der Waals surface area contributed by atoms with E-state index in [9.17, 15) is 0 Å². The first-order valence-electron chi connectivity index (χ1n) is 2.61. The zero-order valence-corrected chi connectivity index (χ0v) is 11.4. The zero-order chi connectivity index (χ0) is 6.85. The predicted octanol–water partition coefficient (Wildman–Crippen LogP) is 3.52. The Morgan fingerprint density at radius 3 is 1.92 bits per heavy atom. The van der Waals surface area contributed by atoms with Gasteiger partial charge in [0, 0.05) is 0 Å². The fourth-order valence-corrected chi connectivity index (χ4v) is 1.96. The van der Waals surface area contributed by atoms with Crippen molar-refractivity contribution in [1.82, 2.24) is 0 Å². The van der Waals surface area contributed by atoms with E-state index in [1.54, 1.807) is 0 Å². The molecule has 0 fully saturated rings. The molecule has 0 amide bonds. The monoisotopic (exact) mass is 301 g/mol. The van der Waals surface area contributed by atoms with Gasteiger partial charge >= 0.3 is 76.8 Å². The summed E-state index contributed by atoms with van der Waals surface area (Å²) >= 11 is 13.3. The van der Waals surface area contributed by atoms with Crippen molar-refractivity contribution in [2.24, 2.45) is 0 Å². The minimum atomic E-state index is -0.344. The van der Waals surface area contributed by atoms with Crippen LogP contribution in [0.3, 0.4) is 0 Å². The number of hydrogen-bond donors (Lipinski definition) is 0. The summed E-state index contributed by atoms with van der Waals surface area (Å²) in [5, 5.41) is 0. The van der Waals surface area contributed by atoms with Crippen LogP contribution in [0.1, 0.15) is 6.42 Å². The Balaban J connectivity index is -0.000000270. The zero-order valence-electron chi connectivity index (χ0n) is 5.92. The topological polar surface area (TPSA) is 0 Å². The summed E-state index contributed by atoms with van der Waals surface area (Å²) in [5.41, 5.74) is 0.724. The fourth-order valence-electron chi connectivity index (χ4n) is 0.727. The van der Waals surface area contributed by atoms with Gasteiger partial charge in [-0.3, -0.25) is 0 Å². The van der Waals surface area contributed by atoms with Gasteiger partial charge in [-0.15, -0.1) is 37.2 Å². The second kappa shape index (κ2) is 9.27. The van der Waals surface area contributed by atoms with Crippen LogP contribution in [0.25, 0.3) is 0 Å². The molecule has 0 heterocycles. The number of halogens is 5. The first-order valence-corrected chi connectivity index (χ1v) is 4.26. The van der Waals surface area contributed by atoms with Gasteiger partial charge in [-0.2, -0.15) is 0 Å². The molecule has 7 heteroatoms. The van der Waals surface area contributed by atoms with E-state index in [0.29, 0.717) is 0 Å². The maximum absolute atomic E-state index is 5.64. The van der Waals surface area contributed by atoms with E-state index in [-0.39, 0.29) is 42.8 Å². The first-order chi connectivity index (χ1) is 4.22. The van der Waals surface area contributed by atoms with Crippen LogP contribution in [-0.4, -0.2) is 5.54 Å². The number of rotatable bonds is 1. The molecule has 0 bridgehead atoms. The Labute approximate surface area is 113 Å². The molecular weight excluding hydrogens is 296 g/mol. The van der Waals surface area contributed by atoms with Crippen molar-refractivity contribution in [2.45, 2.75) is 6.42 Å². The Bertz CT molecular complexity index is 179. The molecule has 0 unspecified atom stereocenters. The third-order valence-electron chi connectivity index (χ3n) is 1.20. The van der Waals surface area contributed by atoms with E-state index in [4.69, 9.17) is 22.9 Å². The van der Waals surface area contributed by atoms with E-state index < -0.39 is 0 Å². The molecule has 0 aliphatic heterocycles. The predicted molar refractivity (Wildman–Crippen MR) is 60.0 cm³/mol. The van der Waals surface area contributed by atoms with E-state index in [1.165, 1.54) is 3.88 Å². The van der Waals surface area contributed by atoms with Crippen LogP contribution < -0.4 is 0 Å². The van der Waals surface area contributed by atoms with Crippen molar-refractivity contribution >= 4 is 65.7 Å². The van der Waals surface area contributed by atoms with Crippen LogP contribution >= 0.6 is 60.1 Å². The van der Waals surface area contributed by atoms with Gasteiger partial charge in [0.1, 0.15) is 0 Å². The van der Waals surface area contributed by atoms with E-state index in [2.05, 4.69) is 6.08 Å². The molecular formula is C5H7BCl5Ti. The molecule has 0 nitrogen and oxygen atoms in total. The second-order valence-electron chi connectivity index (χ2n) is 1.84. The normalized spacial score (nSPS) is 12.8. The molecule has 69 valence electrons. The molecule has 0 aromatic carbocycles. The summed E-state index contributed by atoms with van der Waals surface area (Å²) in [4.78, 5) is 0. The van der Waals surface area contributed by atoms with Gasteiger partial charge in [0.05, 0.1) is 0 Å². The average Bonchev–Trinajstić information content (AvgIpc) is 2.13. The Hall–Kier alpha value is 1.71. The average molecular weight is 303 g/mol. The van der Waals surface area contributed by atoms with Crippen molar-refractivity contribution in [3.63, 3.8) is 0 Å². The minimum absolute atomic E-state index is 0. The summed E-state index contributed by atoms with van der Waals surface area (Å²) in [7, 11) is 0. The van der Waals surface area contributed by atoms with Crippen molar-refractivity contribution in [1.29, 1.82) is 0 Å². The molecule has 0 atom stereocenters. The van der Waals surface area contributed by atoms with Gasteiger partial charge in [0.15, 0.2) is 0 Å². The van der Waals surface area contributed by atoms with Gasteiger partial charge < -0.3 is 0 Å². The first kappa shape index (κ1) is 19.3. The number of allylic oxidation sites excluding steroid dienone is 4. The molecule has 0 N–H and O–H groups in total. The van der Waals surface area contributed by atoms with Crippen molar-refractivity contribution in [3.8, 4) is 0 Å². The van der Waals surface area contributed by atoms with Crippen LogP contribution in [0.5, 0.6) is 0 Å². The van der Waals surface area contributed by atoms with Crippen molar-refractivity contribution < 1.29 is 20.4 Å². The van der Waals surface area contributed by atoms with E-state index in [0.717, 1.165) is 11.9 Å². The van der Waals surface area contributed by atoms with Crippen LogP contribution in [0, 0.1) is 0 Å². The molecule has 12 heavy (non-hydrogen) atoms. The molecule has 0 aromatic rings. The molecule has 0 aromatic heterocycles.